The Morgan fingerprint density at radius 3 is 2.80 bits per heavy atom. The molecule has 0 spiro atoms. The number of hydrogen-bond acceptors (Lipinski definition) is 5. The lowest BCUT2D eigenvalue weighted by Gasteiger charge is -2.11. The lowest BCUT2D eigenvalue weighted by Crippen LogP contribution is -2.10. The Morgan fingerprint density at radius 2 is 2.20 bits per heavy atom. The van der Waals surface area contributed by atoms with Crippen molar-refractivity contribution in [3.8, 4) is 5.95 Å². The van der Waals surface area contributed by atoms with Gasteiger partial charge >= 0.3 is 11.6 Å². The highest BCUT2D eigenvalue weighted by Gasteiger charge is 2.18. The van der Waals surface area contributed by atoms with Crippen molar-refractivity contribution in [2.24, 2.45) is 0 Å². The number of nitro groups is 1. The topological polar surface area (TPSA) is 82.6 Å². The first-order valence-corrected chi connectivity index (χ1v) is 6.95. The maximum Gasteiger partial charge on any atom is 0.346 e. The van der Waals surface area contributed by atoms with E-state index in [0.29, 0.717) is 11.8 Å². The molecule has 0 bridgehead atoms. The largest absolute Gasteiger partial charge is 0.449 e. The SMILES string of the molecule is CCC(Br)Oc1oc(=O)c2cc([N+](=O)[O-])ccc2c1Cl. The highest BCUT2D eigenvalue weighted by molar-refractivity contribution is 9.09. The summed E-state index contributed by atoms with van der Waals surface area (Å²) >= 11 is 9.33. The van der Waals surface area contributed by atoms with E-state index in [1.165, 1.54) is 12.1 Å². The van der Waals surface area contributed by atoms with Crippen LogP contribution in [-0.4, -0.2) is 9.94 Å². The van der Waals surface area contributed by atoms with Crippen LogP contribution in [0.3, 0.4) is 0 Å². The highest BCUT2D eigenvalue weighted by atomic mass is 79.9. The van der Waals surface area contributed by atoms with Gasteiger partial charge in [-0.1, -0.05) is 18.5 Å². The van der Waals surface area contributed by atoms with Gasteiger partial charge in [-0.05, 0) is 28.4 Å². The van der Waals surface area contributed by atoms with Gasteiger partial charge in [-0.15, -0.1) is 0 Å². The normalized spacial score (nSPS) is 12.3. The second kappa shape index (κ2) is 5.80. The van der Waals surface area contributed by atoms with Gasteiger partial charge in [0.05, 0.1) is 10.3 Å². The Hall–Kier alpha value is -1.60. The Morgan fingerprint density at radius 1 is 1.50 bits per heavy atom. The van der Waals surface area contributed by atoms with E-state index in [-0.39, 0.29) is 27.1 Å². The number of halogens is 2. The lowest BCUT2D eigenvalue weighted by molar-refractivity contribution is -0.384. The molecule has 8 heteroatoms. The molecule has 1 heterocycles. The summed E-state index contributed by atoms with van der Waals surface area (Å²) in [4.78, 5) is 22.0. The van der Waals surface area contributed by atoms with E-state index in [0.717, 1.165) is 6.07 Å². The predicted molar refractivity (Wildman–Crippen MR) is 77.8 cm³/mol. The summed E-state index contributed by atoms with van der Waals surface area (Å²) in [5.41, 5.74) is -0.944. The Balaban J connectivity index is 2.62. The average molecular weight is 363 g/mol. The molecular weight excluding hydrogens is 353 g/mol. The molecule has 0 saturated heterocycles. The van der Waals surface area contributed by atoms with Crippen LogP contribution in [0.1, 0.15) is 13.3 Å². The fourth-order valence-corrected chi connectivity index (χ4v) is 1.99. The molecule has 0 N–H and O–H groups in total. The number of nitrogens with zero attached hydrogens (tertiary/aromatic N) is 1. The van der Waals surface area contributed by atoms with E-state index in [9.17, 15) is 14.9 Å². The minimum atomic E-state index is -0.737. The zero-order valence-corrected chi connectivity index (χ0v) is 12.6. The van der Waals surface area contributed by atoms with Crippen molar-refractivity contribution in [2.45, 2.75) is 18.4 Å². The van der Waals surface area contributed by atoms with Crippen LogP contribution in [-0.2, 0) is 0 Å². The summed E-state index contributed by atoms with van der Waals surface area (Å²) in [6.45, 7) is 1.87. The van der Waals surface area contributed by atoms with Crippen molar-refractivity contribution >= 4 is 44.0 Å². The predicted octanol–water partition coefficient (Wildman–Crippen LogP) is 3.86. The molecule has 6 nitrogen and oxygen atoms in total. The Kier molecular flexibility index (Phi) is 4.29. The molecule has 0 aliphatic rings. The van der Waals surface area contributed by atoms with Crippen molar-refractivity contribution in [2.75, 3.05) is 0 Å². The molecule has 0 aliphatic carbocycles. The average Bonchev–Trinajstić information content (AvgIpc) is 2.43. The fraction of sp³-hybridized carbons (Fsp3) is 0.250. The van der Waals surface area contributed by atoms with Gasteiger partial charge < -0.3 is 9.15 Å². The van der Waals surface area contributed by atoms with Crippen LogP contribution in [0.15, 0.2) is 27.4 Å². The summed E-state index contributed by atoms with van der Waals surface area (Å²) in [6.07, 6.45) is 0.637. The van der Waals surface area contributed by atoms with E-state index >= 15 is 0 Å². The molecule has 1 aromatic heterocycles. The summed E-state index contributed by atoms with van der Waals surface area (Å²) in [5.74, 6) is -0.109. The second-order valence-electron chi connectivity index (χ2n) is 3.91. The van der Waals surface area contributed by atoms with Crippen LogP contribution in [0.4, 0.5) is 5.69 Å². The van der Waals surface area contributed by atoms with Crippen molar-refractivity contribution in [3.05, 3.63) is 43.8 Å². The fourth-order valence-electron chi connectivity index (χ4n) is 1.58. The number of non-ortho nitro benzene ring substituents is 1. The maximum absolute atomic E-state index is 11.9. The minimum absolute atomic E-state index is 0.0409. The lowest BCUT2D eigenvalue weighted by atomic mass is 10.1. The summed E-state index contributed by atoms with van der Waals surface area (Å²) in [7, 11) is 0. The van der Waals surface area contributed by atoms with Gasteiger partial charge in [0.2, 0.25) is 0 Å². The van der Waals surface area contributed by atoms with Gasteiger partial charge in [0.1, 0.15) is 5.02 Å². The third-order valence-corrected chi connectivity index (χ3v) is 3.78. The molecule has 0 amide bonds. The van der Waals surface area contributed by atoms with Gasteiger partial charge in [-0.2, -0.15) is 0 Å². The van der Waals surface area contributed by atoms with E-state index < -0.39 is 10.5 Å². The second-order valence-corrected chi connectivity index (χ2v) is 5.31. The number of nitro benzene ring substituents is 1. The smallest absolute Gasteiger partial charge is 0.346 e. The molecule has 0 saturated carbocycles. The van der Waals surface area contributed by atoms with E-state index in [2.05, 4.69) is 15.9 Å². The van der Waals surface area contributed by atoms with Crippen LogP contribution >= 0.6 is 27.5 Å². The van der Waals surface area contributed by atoms with E-state index in [1.54, 1.807) is 0 Å². The number of rotatable bonds is 4. The van der Waals surface area contributed by atoms with Crippen LogP contribution in [0.25, 0.3) is 10.8 Å². The number of benzene rings is 1. The van der Waals surface area contributed by atoms with Crippen molar-refractivity contribution in [3.63, 3.8) is 0 Å². The van der Waals surface area contributed by atoms with Crippen molar-refractivity contribution < 1.29 is 14.1 Å². The Bertz CT molecular complexity index is 730. The van der Waals surface area contributed by atoms with Crippen LogP contribution in [0, 0.1) is 10.1 Å². The van der Waals surface area contributed by atoms with Crippen LogP contribution in [0.5, 0.6) is 5.95 Å². The zero-order chi connectivity index (χ0) is 14.9. The molecule has 106 valence electrons. The summed E-state index contributed by atoms with van der Waals surface area (Å²) in [6, 6.07) is 3.79. The molecule has 1 unspecified atom stereocenters. The quantitative estimate of drug-likeness (QED) is 0.468. The molecule has 1 aromatic carbocycles. The third kappa shape index (κ3) is 2.78. The molecular formula is C12H9BrClNO5. The standard InChI is InChI=1S/C12H9BrClNO5/c1-2-9(13)19-12-10(14)7-4-3-6(15(17)18)5-8(7)11(16)20-12/h3-5,9H,2H2,1H3. The van der Waals surface area contributed by atoms with Gasteiger partial charge in [-0.25, -0.2) is 4.79 Å². The van der Waals surface area contributed by atoms with Gasteiger partial charge in [0, 0.05) is 17.5 Å². The van der Waals surface area contributed by atoms with Gasteiger partial charge in [0.25, 0.3) is 5.69 Å². The zero-order valence-electron chi connectivity index (χ0n) is 10.3. The van der Waals surface area contributed by atoms with Gasteiger partial charge in [-0.3, -0.25) is 10.1 Å². The molecule has 0 aliphatic heterocycles. The molecule has 0 fully saturated rings. The first-order valence-electron chi connectivity index (χ1n) is 5.65. The van der Waals surface area contributed by atoms with Crippen LogP contribution in [0.2, 0.25) is 5.02 Å². The van der Waals surface area contributed by atoms with Crippen LogP contribution < -0.4 is 10.4 Å². The van der Waals surface area contributed by atoms with E-state index in [4.69, 9.17) is 20.8 Å². The number of hydrogen-bond donors (Lipinski definition) is 0. The number of alkyl halides is 1. The van der Waals surface area contributed by atoms with Gasteiger partial charge in [0.15, 0.2) is 5.01 Å². The summed E-state index contributed by atoms with van der Waals surface area (Å²) < 4.78 is 10.3. The summed E-state index contributed by atoms with van der Waals surface area (Å²) in [5, 5.41) is 10.8. The number of fused-ring (bicyclic) bond motifs is 1. The highest BCUT2D eigenvalue weighted by Crippen LogP contribution is 2.33. The minimum Gasteiger partial charge on any atom is -0.449 e. The Labute approximate surface area is 126 Å². The first-order chi connectivity index (χ1) is 9.43. The van der Waals surface area contributed by atoms with E-state index in [1.807, 2.05) is 6.92 Å². The van der Waals surface area contributed by atoms with Crippen molar-refractivity contribution in [1.29, 1.82) is 0 Å². The molecule has 20 heavy (non-hydrogen) atoms. The molecule has 0 radical (unpaired) electrons. The van der Waals surface area contributed by atoms with Crippen molar-refractivity contribution in [1.82, 2.24) is 0 Å². The monoisotopic (exact) mass is 361 g/mol. The first kappa shape index (κ1) is 14.8. The number of ether oxygens (including phenoxy) is 1. The third-order valence-electron chi connectivity index (χ3n) is 2.59. The molecule has 2 aromatic rings. The maximum atomic E-state index is 11.9. The molecule has 2 rings (SSSR count). The molecule has 1 atom stereocenters.